The number of halogens is 1. The summed E-state index contributed by atoms with van der Waals surface area (Å²) in [5.74, 6) is -1.02. The van der Waals surface area contributed by atoms with Crippen molar-refractivity contribution in [1.82, 2.24) is 9.71 Å². The van der Waals surface area contributed by atoms with E-state index in [1.807, 2.05) is 0 Å². The van der Waals surface area contributed by atoms with Crippen molar-refractivity contribution in [3.63, 3.8) is 0 Å². The van der Waals surface area contributed by atoms with Gasteiger partial charge in [0.25, 0.3) is 0 Å². The lowest BCUT2D eigenvalue weighted by atomic mass is 9.80. The standard InChI is InChI=1S/C13H17ClN2O4S/c14-12-10(5-4-8-15-12)21(19,20)16-13(9-11(17)18)6-2-1-3-7-13/h4-5,8,16H,1-3,6-7,9H2,(H,17,18). The molecule has 2 rings (SSSR count). The topological polar surface area (TPSA) is 96.4 Å². The van der Waals surface area contributed by atoms with Gasteiger partial charge in [0.05, 0.1) is 6.42 Å². The van der Waals surface area contributed by atoms with Gasteiger partial charge in [0.1, 0.15) is 10.0 Å². The van der Waals surface area contributed by atoms with Crippen LogP contribution in [-0.2, 0) is 14.8 Å². The first-order chi connectivity index (χ1) is 9.85. The van der Waals surface area contributed by atoms with Crippen LogP contribution in [0.15, 0.2) is 23.2 Å². The molecular weight excluding hydrogens is 316 g/mol. The molecule has 1 aliphatic carbocycles. The summed E-state index contributed by atoms with van der Waals surface area (Å²) in [4.78, 5) is 14.7. The summed E-state index contributed by atoms with van der Waals surface area (Å²) < 4.78 is 27.5. The van der Waals surface area contributed by atoms with Gasteiger partial charge in [-0.3, -0.25) is 4.79 Å². The van der Waals surface area contributed by atoms with E-state index in [4.69, 9.17) is 16.7 Å². The zero-order valence-corrected chi connectivity index (χ0v) is 13.0. The van der Waals surface area contributed by atoms with Crippen molar-refractivity contribution in [2.45, 2.75) is 49.0 Å². The van der Waals surface area contributed by atoms with Crippen molar-refractivity contribution in [3.8, 4) is 0 Å². The molecule has 0 spiro atoms. The Morgan fingerprint density at radius 3 is 2.62 bits per heavy atom. The van der Waals surface area contributed by atoms with Crippen LogP contribution in [0.4, 0.5) is 0 Å². The molecule has 0 radical (unpaired) electrons. The third-order valence-electron chi connectivity index (χ3n) is 3.67. The summed E-state index contributed by atoms with van der Waals surface area (Å²) in [5.41, 5.74) is -0.942. The van der Waals surface area contributed by atoms with E-state index in [1.54, 1.807) is 0 Å². The molecule has 2 N–H and O–H groups in total. The highest BCUT2D eigenvalue weighted by molar-refractivity contribution is 7.89. The normalized spacial score (nSPS) is 18.3. The Kier molecular flexibility index (Phi) is 4.85. The Morgan fingerprint density at radius 2 is 2.05 bits per heavy atom. The number of hydrogen-bond acceptors (Lipinski definition) is 4. The SMILES string of the molecule is O=C(O)CC1(NS(=O)(=O)c2cccnc2Cl)CCCCC1. The van der Waals surface area contributed by atoms with Crippen molar-refractivity contribution in [2.24, 2.45) is 0 Å². The van der Waals surface area contributed by atoms with E-state index >= 15 is 0 Å². The van der Waals surface area contributed by atoms with Gasteiger partial charge in [-0.05, 0) is 25.0 Å². The minimum absolute atomic E-state index is 0.119. The average Bonchev–Trinajstić information content (AvgIpc) is 2.38. The summed E-state index contributed by atoms with van der Waals surface area (Å²) in [6, 6.07) is 2.83. The van der Waals surface area contributed by atoms with Gasteiger partial charge < -0.3 is 5.11 Å². The summed E-state index contributed by atoms with van der Waals surface area (Å²) in [6.07, 6.45) is 4.77. The van der Waals surface area contributed by atoms with E-state index < -0.39 is 21.5 Å². The van der Waals surface area contributed by atoms with Crippen molar-refractivity contribution in [1.29, 1.82) is 0 Å². The van der Waals surface area contributed by atoms with E-state index in [1.165, 1.54) is 18.3 Å². The molecule has 0 aliphatic heterocycles. The van der Waals surface area contributed by atoms with Gasteiger partial charge in [-0.15, -0.1) is 0 Å². The second-order valence-corrected chi connectivity index (χ2v) is 7.32. The summed E-state index contributed by atoms with van der Waals surface area (Å²) >= 11 is 5.83. The average molecular weight is 333 g/mol. The second kappa shape index (κ2) is 6.29. The number of nitrogens with zero attached hydrogens (tertiary/aromatic N) is 1. The van der Waals surface area contributed by atoms with Crippen LogP contribution < -0.4 is 4.72 Å². The quantitative estimate of drug-likeness (QED) is 0.806. The molecule has 0 unspecified atom stereocenters. The first-order valence-electron chi connectivity index (χ1n) is 6.71. The fourth-order valence-electron chi connectivity index (χ4n) is 2.74. The van der Waals surface area contributed by atoms with Crippen LogP contribution in [0.2, 0.25) is 5.15 Å². The molecule has 8 heteroatoms. The maximum absolute atomic E-state index is 12.5. The molecule has 116 valence electrons. The molecule has 1 saturated carbocycles. The van der Waals surface area contributed by atoms with Crippen molar-refractivity contribution in [3.05, 3.63) is 23.5 Å². The van der Waals surface area contributed by atoms with Crippen LogP contribution in [0.25, 0.3) is 0 Å². The highest BCUT2D eigenvalue weighted by Gasteiger charge is 2.39. The molecule has 0 aromatic carbocycles. The lowest BCUT2D eigenvalue weighted by molar-refractivity contribution is -0.138. The third-order valence-corrected chi connectivity index (χ3v) is 5.69. The van der Waals surface area contributed by atoms with E-state index in [9.17, 15) is 13.2 Å². The number of pyridine rings is 1. The maximum atomic E-state index is 12.5. The Hall–Kier alpha value is -1.18. The molecule has 21 heavy (non-hydrogen) atoms. The van der Waals surface area contributed by atoms with Crippen LogP contribution in [0.5, 0.6) is 0 Å². The number of carbonyl (C=O) groups is 1. The lowest BCUT2D eigenvalue weighted by Crippen LogP contribution is -2.51. The molecule has 0 amide bonds. The van der Waals surface area contributed by atoms with Crippen LogP contribution in [0.3, 0.4) is 0 Å². The van der Waals surface area contributed by atoms with Crippen LogP contribution in [0, 0.1) is 0 Å². The molecule has 0 atom stereocenters. The van der Waals surface area contributed by atoms with Gasteiger partial charge >= 0.3 is 5.97 Å². The molecule has 1 fully saturated rings. The summed E-state index contributed by atoms with van der Waals surface area (Å²) in [7, 11) is -3.90. The predicted molar refractivity (Wildman–Crippen MR) is 77.6 cm³/mol. The Morgan fingerprint density at radius 1 is 1.38 bits per heavy atom. The smallest absolute Gasteiger partial charge is 0.305 e. The second-order valence-electron chi connectivity index (χ2n) is 5.31. The molecule has 0 bridgehead atoms. The molecule has 1 aromatic heterocycles. The van der Waals surface area contributed by atoms with E-state index in [-0.39, 0.29) is 16.5 Å². The number of carboxylic acid groups (broad SMARTS) is 1. The van der Waals surface area contributed by atoms with Gasteiger partial charge in [0.15, 0.2) is 0 Å². The number of nitrogens with one attached hydrogen (secondary N) is 1. The lowest BCUT2D eigenvalue weighted by Gasteiger charge is -2.36. The van der Waals surface area contributed by atoms with Gasteiger partial charge in [-0.2, -0.15) is 0 Å². The highest BCUT2D eigenvalue weighted by Crippen LogP contribution is 2.33. The summed E-state index contributed by atoms with van der Waals surface area (Å²) in [6.45, 7) is 0. The number of carboxylic acids is 1. The number of rotatable bonds is 5. The largest absolute Gasteiger partial charge is 0.481 e. The fraction of sp³-hybridized carbons (Fsp3) is 0.538. The maximum Gasteiger partial charge on any atom is 0.305 e. The van der Waals surface area contributed by atoms with Crippen LogP contribution in [-0.4, -0.2) is 30.0 Å². The number of aliphatic carboxylic acids is 1. The van der Waals surface area contributed by atoms with Gasteiger partial charge in [-0.25, -0.2) is 18.1 Å². The van der Waals surface area contributed by atoms with Crippen LogP contribution >= 0.6 is 11.6 Å². The molecule has 1 heterocycles. The van der Waals surface area contributed by atoms with Gasteiger partial charge in [0.2, 0.25) is 10.0 Å². The van der Waals surface area contributed by atoms with Crippen molar-refractivity contribution in [2.75, 3.05) is 0 Å². The monoisotopic (exact) mass is 332 g/mol. The fourth-order valence-corrected chi connectivity index (χ4v) is 4.66. The van der Waals surface area contributed by atoms with Crippen molar-refractivity contribution >= 4 is 27.6 Å². The number of hydrogen-bond donors (Lipinski definition) is 2. The van der Waals surface area contributed by atoms with E-state index in [0.29, 0.717) is 12.8 Å². The molecular formula is C13H17ClN2O4S. The molecule has 1 aliphatic rings. The molecule has 6 nitrogen and oxygen atoms in total. The molecule has 1 aromatic rings. The highest BCUT2D eigenvalue weighted by atomic mass is 35.5. The summed E-state index contributed by atoms with van der Waals surface area (Å²) in [5, 5.41) is 8.96. The van der Waals surface area contributed by atoms with Gasteiger partial charge in [-0.1, -0.05) is 30.9 Å². The zero-order chi connectivity index (χ0) is 15.5. The minimum atomic E-state index is -3.90. The number of sulfonamides is 1. The first kappa shape index (κ1) is 16.2. The predicted octanol–water partition coefficient (Wildman–Crippen LogP) is 2.19. The molecule has 0 saturated heterocycles. The Labute approximate surface area is 128 Å². The van der Waals surface area contributed by atoms with Gasteiger partial charge in [0, 0.05) is 11.7 Å². The third kappa shape index (κ3) is 3.93. The Balaban J connectivity index is 2.31. The first-order valence-corrected chi connectivity index (χ1v) is 8.57. The minimum Gasteiger partial charge on any atom is -0.481 e. The van der Waals surface area contributed by atoms with Crippen molar-refractivity contribution < 1.29 is 18.3 Å². The van der Waals surface area contributed by atoms with E-state index in [0.717, 1.165) is 19.3 Å². The zero-order valence-electron chi connectivity index (χ0n) is 11.4. The number of aromatic nitrogens is 1. The Bertz CT molecular complexity index is 627. The van der Waals surface area contributed by atoms with E-state index in [2.05, 4.69) is 9.71 Å². The van der Waals surface area contributed by atoms with Crippen LogP contribution in [0.1, 0.15) is 38.5 Å².